The van der Waals surface area contributed by atoms with Crippen LogP contribution in [0.4, 0.5) is 0 Å². The lowest BCUT2D eigenvalue weighted by molar-refractivity contribution is 0.0256. The van der Waals surface area contributed by atoms with E-state index in [2.05, 4.69) is 12.1 Å². The van der Waals surface area contributed by atoms with Gasteiger partial charge in [0.25, 0.3) is 0 Å². The van der Waals surface area contributed by atoms with Crippen LogP contribution in [0, 0.1) is 0 Å². The summed E-state index contributed by atoms with van der Waals surface area (Å²) in [7, 11) is 1.68. The van der Waals surface area contributed by atoms with Gasteiger partial charge in [-0.05, 0) is 12.5 Å². The van der Waals surface area contributed by atoms with Crippen LogP contribution in [-0.4, -0.2) is 20.3 Å². The lowest BCUT2D eigenvalue weighted by Crippen LogP contribution is -2.05. The number of ether oxygens (including phenoxy) is 2. The van der Waals surface area contributed by atoms with E-state index in [1.807, 2.05) is 25.1 Å². The van der Waals surface area contributed by atoms with Gasteiger partial charge in [-0.3, -0.25) is 0 Å². The van der Waals surface area contributed by atoms with Crippen molar-refractivity contribution in [2.75, 3.05) is 20.3 Å². The van der Waals surface area contributed by atoms with Crippen molar-refractivity contribution in [1.82, 2.24) is 0 Å². The average Bonchev–Trinajstić information content (AvgIpc) is 2.19. The van der Waals surface area contributed by atoms with Crippen LogP contribution < -0.4 is 0 Å². The molecule has 1 atom stereocenters. The fourth-order valence-corrected chi connectivity index (χ4v) is 1.13. The molecule has 1 aromatic rings. The molecule has 0 fully saturated rings. The molecule has 0 aliphatic heterocycles. The van der Waals surface area contributed by atoms with Gasteiger partial charge in [0.2, 0.25) is 0 Å². The lowest BCUT2D eigenvalue weighted by atomic mass is 10.1. The van der Waals surface area contributed by atoms with Gasteiger partial charge in [0.15, 0.2) is 0 Å². The standard InChI is InChI=1S/C11H16O2/c1-10(13-9-8-12-2)11-6-4-3-5-7-11/h3-7,10H,8-9H2,1-2H3/t10-/m1/s1. The summed E-state index contributed by atoms with van der Waals surface area (Å²) in [6.07, 6.45) is 0.149. The van der Waals surface area contributed by atoms with Crippen molar-refractivity contribution >= 4 is 0 Å². The summed E-state index contributed by atoms with van der Waals surface area (Å²) in [5.74, 6) is 0. The number of hydrogen-bond acceptors (Lipinski definition) is 2. The summed E-state index contributed by atoms with van der Waals surface area (Å²) in [6.45, 7) is 3.34. The monoisotopic (exact) mass is 180 g/mol. The maximum absolute atomic E-state index is 5.54. The first kappa shape index (κ1) is 10.2. The van der Waals surface area contributed by atoms with Crippen molar-refractivity contribution < 1.29 is 9.47 Å². The Kier molecular flexibility index (Phi) is 4.50. The quantitative estimate of drug-likeness (QED) is 0.648. The van der Waals surface area contributed by atoms with E-state index in [1.54, 1.807) is 7.11 Å². The Labute approximate surface area is 79.5 Å². The molecule has 0 aromatic heterocycles. The summed E-state index contributed by atoms with van der Waals surface area (Å²) in [6, 6.07) is 10.2. The molecule has 13 heavy (non-hydrogen) atoms. The Morgan fingerprint density at radius 1 is 1.15 bits per heavy atom. The van der Waals surface area contributed by atoms with E-state index in [-0.39, 0.29) is 6.10 Å². The fourth-order valence-electron chi connectivity index (χ4n) is 1.13. The van der Waals surface area contributed by atoms with Gasteiger partial charge in [-0.25, -0.2) is 0 Å². The number of hydrogen-bond donors (Lipinski definition) is 0. The van der Waals surface area contributed by atoms with Crippen molar-refractivity contribution in [3.05, 3.63) is 35.9 Å². The van der Waals surface area contributed by atoms with Gasteiger partial charge in [-0.15, -0.1) is 0 Å². The lowest BCUT2D eigenvalue weighted by Gasteiger charge is -2.12. The van der Waals surface area contributed by atoms with Crippen LogP contribution in [0.2, 0.25) is 0 Å². The highest BCUT2D eigenvalue weighted by atomic mass is 16.5. The second kappa shape index (κ2) is 5.73. The van der Waals surface area contributed by atoms with Gasteiger partial charge in [0.05, 0.1) is 19.3 Å². The Morgan fingerprint density at radius 3 is 2.46 bits per heavy atom. The predicted octanol–water partition coefficient (Wildman–Crippen LogP) is 2.41. The first-order valence-electron chi connectivity index (χ1n) is 4.50. The molecule has 0 unspecified atom stereocenters. The topological polar surface area (TPSA) is 18.5 Å². The zero-order chi connectivity index (χ0) is 9.52. The first-order chi connectivity index (χ1) is 6.34. The van der Waals surface area contributed by atoms with E-state index in [9.17, 15) is 0 Å². The normalized spacial score (nSPS) is 12.8. The van der Waals surface area contributed by atoms with Crippen LogP contribution in [0.25, 0.3) is 0 Å². The Hall–Kier alpha value is -0.860. The molecule has 2 heteroatoms. The maximum Gasteiger partial charge on any atom is 0.0797 e. The second-order valence-electron chi connectivity index (χ2n) is 2.92. The molecule has 0 saturated carbocycles. The molecule has 0 bridgehead atoms. The second-order valence-corrected chi connectivity index (χ2v) is 2.92. The van der Waals surface area contributed by atoms with E-state index in [4.69, 9.17) is 9.47 Å². The maximum atomic E-state index is 5.54. The largest absolute Gasteiger partial charge is 0.382 e. The highest BCUT2D eigenvalue weighted by Gasteiger charge is 2.03. The first-order valence-corrected chi connectivity index (χ1v) is 4.50. The SMILES string of the molecule is COCCO[C@H](C)c1ccccc1. The van der Waals surface area contributed by atoms with Crippen LogP contribution in [0.15, 0.2) is 30.3 Å². The third-order valence-electron chi connectivity index (χ3n) is 1.92. The zero-order valence-electron chi connectivity index (χ0n) is 8.19. The molecule has 0 amide bonds. The molecule has 0 N–H and O–H groups in total. The molecule has 0 aliphatic rings. The molecule has 1 aromatic carbocycles. The van der Waals surface area contributed by atoms with Gasteiger partial charge >= 0.3 is 0 Å². The van der Waals surface area contributed by atoms with Crippen molar-refractivity contribution in [2.24, 2.45) is 0 Å². The Bertz CT molecular complexity index is 221. The fraction of sp³-hybridized carbons (Fsp3) is 0.455. The van der Waals surface area contributed by atoms with Crippen molar-refractivity contribution in [2.45, 2.75) is 13.0 Å². The zero-order valence-corrected chi connectivity index (χ0v) is 8.19. The molecule has 0 saturated heterocycles. The minimum atomic E-state index is 0.149. The van der Waals surface area contributed by atoms with Gasteiger partial charge < -0.3 is 9.47 Å². The van der Waals surface area contributed by atoms with Gasteiger partial charge in [-0.1, -0.05) is 30.3 Å². The Morgan fingerprint density at radius 2 is 1.85 bits per heavy atom. The molecular weight excluding hydrogens is 164 g/mol. The van der Waals surface area contributed by atoms with Gasteiger partial charge in [0, 0.05) is 7.11 Å². The third-order valence-corrected chi connectivity index (χ3v) is 1.92. The third kappa shape index (κ3) is 3.57. The molecule has 2 nitrogen and oxygen atoms in total. The Balaban J connectivity index is 2.35. The summed E-state index contributed by atoms with van der Waals surface area (Å²) in [5, 5.41) is 0. The van der Waals surface area contributed by atoms with Crippen molar-refractivity contribution in [3.63, 3.8) is 0 Å². The summed E-state index contributed by atoms with van der Waals surface area (Å²) in [5.41, 5.74) is 1.21. The molecule has 72 valence electrons. The molecule has 0 spiro atoms. The van der Waals surface area contributed by atoms with Crippen LogP contribution in [-0.2, 0) is 9.47 Å². The van der Waals surface area contributed by atoms with E-state index >= 15 is 0 Å². The summed E-state index contributed by atoms with van der Waals surface area (Å²) >= 11 is 0. The van der Waals surface area contributed by atoms with Crippen LogP contribution >= 0.6 is 0 Å². The highest BCUT2D eigenvalue weighted by Crippen LogP contribution is 2.15. The summed E-state index contributed by atoms with van der Waals surface area (Å²) in [4.78, 5) is 0. The summed E-state index contributed by atoms with van der Waals surface area (Å²) < 4.78 is 10.4. The molecule has 0 heterocycles. The van der Waals surface area contributed by atoms with E-state index < -0.39 is 0 Å². The number of methoxy groups -OCH3 is 1. The van der Waals surface area contributed by atoms with Crippen molar-refractivity contribution in [3.8, 4) is 0 Å². The average molecular weight is 180 g/mol. The smallest absolute Gasteiger partial charge is 0.0797 e. The molecular formula is C11H16O2. The molecule has 1 rings (SSSR count). The highest BCUT2D eigenvalue weighted by molar-refractivity contribution is 5.16. The van der Waals surface area contributed by atoms with Crippen LogP contribution in [0.1, 0.15) is 18.6 Å². The minimum Gasteiger partial charge on any atom is -0.382 e. The van der Waals surface area contributed by atoms with Crippen LogP contribution in [0.3, 0.4) is 0 Å². The number of rotatable bonds is 5. The van der Waals surface area contributed by atoms with E-state index in [1.165, 1.54) is 5.56 Å². The van der Waals surface area contributed by atoms with Gasteiger partial charge in [-0.2, -0.15) is 0 Å². The number of benzene rings is 1. The van der Waals surface area contributed by atoms with Crippen LogP contribution in [0.5, 0.6) is 0 Å². The van der Waals surface area contributed by atoms with E-state index in [0.717, 1.165) is 0 Å². The van der Waals surface area contributed by atoms with Crippen molar-refractivity contribution in [1.29, 1.82) is 0 Å². The van der Waals surface area contributed by atoms with Gasteiger partial charge in [0.1, 0.15) is 0 Å². The van der Waals surface area contributed by atoms with E-state index in [0.29, 0.717) is 13.2 Å². The minimum absolute atomic E-state index is 0.149. The molecule has 0 aliphatic carbocycles. The molecule has 0 radical (unpaired) electrons. The predicted molar refractivity (Wildman–Crippen MR) is 52.7 cm³/mol.